The van der Waals surface area contributed by atoms with Gasteiger partial charge in [0.15, 0.2) is 0 Å². The second kappa shape index (κ2) is 14.7. The number of nitrogens with zero attached hydrogens (tertiary/aromatic N) is 2. The first kappa shape index (κ1) is 47.9. The second-order valence-corrected chi connectivity index (χ2v) is 26.5. The molecule has 5 aliphatic rings. The van der Waals surface area contributed by atoms with E-state index in [1.54, 1.807) is 0 Å². The highest BCUT2D eigenvalue weighted by molar-refractivity contribution is 7.00. The van der Waals surface area contributed by atoms with Crippen LogP contribution in [0.2, 0.25) is 0 Å². The van der Waals surface area contributed by atoms with E-state index in [9.17, 15) is 0 Å². The standard InChI is InChI=1S/C69H57BF6N2/c1-63(2,3)38-23-19-36(20-24-38)54-55-56-49(65(7,8)29-30-66(56,9)10)35-52-62(55)77(58(54)37-21-25-39(26-22-37)64(4,5)6)53-28-27-48-61-57(53)70(52)51-34-41(69(74,75)76)32-45-44-31-40(68(71,72)73)33-50(59(44)78(61)60(45)51)67(48)46-17-13-11-15-42(46)43-16-12-14-18-47(43)67/h11-28,31-35H,29-30H2,1-10H3. The number of fused-ring (bicyclic) bond motifs is 13. The predicted octanol–water partition coefficient (Wildman–Crippen LogP) is 16.9. The molecular formula is C69H57BF6N2. The summed E-state index contributed by atoms with van der Waals surface area (Å²) in [6.07, 6.45) is -7.79. The molecule has 1 spiro atoms. The lowest BCUT2D eigenvalue weighted by molar-refractivity contribution is -0.138. The normalized spacial score (nSPS) is 16.9. The maximum Gasteiger partial charge on any atom is 0.416 e. The predicted molar refractivity (Wildman–Crippen MR) is 307 cm³/mol. The van der Waals surface area contributed by atoms with Crippen LogP contribution in [0.25, 0.3) is 77.6 Å². The van der Waals surface area contributed by atoms with Crippen molar-refractivity contribution in [3.05, 3.63) is 195 Å². The lowest BCUT2D eigenvalue weighted by Gasteiger charge is -2.45. The van der Waals surface area contributed by atoms with Crippen molar-refractivity contribution in [2.75, 3.05) is 0 Å². The fraction of sp³-hybridized carbons (Fsp3) is 0.275. The van der Waals surface area contributed by atoms with Crippen molar-refractivity contribution in [3.63, 3.8) is 0 Å². The van der Waals surface area contributed by atoms with Crippen LogP contribution in [0.4, 0.5) is 26.3 Å². The van der Waals surface area contributed by atoms with E-state index >= 15 is 26.3 Å². The van der Waals surface area contributed by atoms with Gasteiger partial charge in [0.2, 0.25) is 0 Å². The lowest BCUT2D eigenvalue weighted by atomic mass is 9.33. The number of benzene rings is 8. The van der Waals surface area contributed by atoms with Gasteiger partial charge in [0.05, 0.1) is 27.8 Å². The third kappa shape index (κ3) is 5.93. The number of rotatable bonds is 2. The number of halogens is 6. The van der Waals surface area contributed by atoms with Gasteiger partial charge in [0, 0.05) is 44.1 Å². The first-order valence-corrected chi connectivity index (χ1v) is 27.4. The van der Waals surface area contributed by atoms with Crippen molar-refractivity contribution < 1.29 is 26.3 Å². The fourth-order valence-electron chi connectivity index (χ4n) is 15.3. The number of hydrogen-bond donors (Lipinski definition) is 0. The van der Waals surface area contributed by atoms with Gasteiger partial charge in [-0.15, -0.1) is 0 Å². The summed E-state index contributed by atoms with van der Waals surface area (Å²) in [6, 6.07) is 45.4. The zero-order valence-electron chi connectivity index (χ0n) is 45.4. The molecule has 0 N–H and O–H groups in total. The first-order chi connectivity index (χ1) is 36.7. The van der Waals surface area contributed by atoms with Gasteiger partial charge < -0.3 is 9.13 Å². The summed E-state index contributed by atoms with van der Waals surface area (Å²) in [5.41, 5.74) is 15.6. The molecule has 2 nitrogen and oxygen atoms in total. The third-order valence-corrected chi connectivity index (χ3v) is 19.1. The molecule has 2 aromatic heterocycles. The average molecular weight is 1040 g/mol. The highest BCUT2D eigenvalue weighted by Gasteiger charge is 2.56. The van der Waals surface area contributed by atoms with E-state index in [0.29, 0.717) is 22.1 Å². The van der Waals surface area contributed by atoms with Crippen LogP contribution in [0.5, 0.6) is 0 Å². The molecule has 0 bridgehead atoms. The van der Waals surface area contributed by atoms with Gasteiger partial charge in [0.1, 0.15) is 0 Å². The third-order valence-electron chi connectivity index (χ3n) is 19.1. The van der Waals surface area contributed by atoms with E-state index in [1.807, 2.05) is 48.5 Å². The minimum Gasteiger partial charge on any atom is -0.310 e. The first-order valence-electron chi connectivity index (χ1n) is 27.4. The molecule has 15 rings (SSSR count). The average Bonchev–Trinajstić information content (AvgIpc) is 1.87. The van der Waals surface area contributed by atoms with E-state index < -0.39 is 35.6 Å². The molecule has 0 radical (unpaired) electrons. The fourth-order valence-corrected chi connectivity index (χ4v) is 15.3. The largest absolute Gasteiger partial charge is 0.416 e. The van der Waals surface area contributed by atoms with Crippen LogP contribution in [0, 0.1) is 0 Å². The Morgan fingerprint density at radius 3 is 1.56 bits per heavy atom. The Morgan fingerprint density at radius 1 is 0.462 bits per heavy atom. The maximum atomic E-state index is 15.9. The van der Waals surface area contributed by atoms with Gasteiger partial charge in [0.25, 0.3) is 6.71 Å². The molecule has 9 heteroatoms. The van der Waals surface area contributed by atoms with Gasteiger partial charge >= 0.3 is 12.4 Å². The van der Waals surface area contributed by atoms with Crippen molar-refractivity contribution >= 4 is 55.8 Å². The zero-order valence-corrected chi connectivity index (χ0v) is 45.4. The Hall–Kier alpha value is -7.26. The maximum absolute atomic E-state index is 15.9. The summed E-state index contributed by atoms with van der Waals surface area (Å²) < 4.78 is 99.6. The molecular weight excluding hydrogens is 982 g/mol. The van der Waals surface area contributed by atoms with E-state index in [1.165, 1.54) is 34.4 Å². The van der Waals surface area contributed by atoms with Gasteiger partial charge in [-0.05, 0) is 142 Å². The smallest absolute Gasteiger partial charge is 0.310 e. The quantitative estimate of drug-likeness (QED) is 0.121. The molecule has 388 valence electrons. The van der Waals surface area contributed by atoms with E-state index in [2.05, 4.69) is 145 Å². The Morgan fingerprint density at radius 2 is 0.987 bits per heavy atom. The van der Waals surface area contributed by atoms with Crippen molar-refractivity contribution in [2.24, 2.45) is 0 Å². The SMILES string of the molecule is CC(C)(C)c1ccc(-c2c(-c3ccc(C(C)(C)C)cc3)n3c4c(cc5c(c24)C(C)(C)CCC5(C)C)B2c4c-3ccc3c4-n4c5c2cc(C(F)(F)F)cc5c2cc(C(F)(F)F)cc(c24)C32c3ccccc3-c3ccccc32)cc1. The van der Waals surface area contributed by atoms with Crippen molar-refractivity contribution in [1.82, 2.24) is 9.13 Å². The van der Waals surface area contributed by atoms with Crippen molar-refractivity contribution in [3.8, 4) is 44.9 Å². The van der Waals surface area contributed by atoms with Crippen LogP contribution in [-0.4, -0.2) is 15.8 Å². The van der Waals surface area contributed by atoms with Crippen molar-refractivity contribution in [2.45, 2.75) is 122 Å². The second-order valence-electron chi connectivity index (χ2n) is 26.5. The molecule has 2 aliphatic carbocycles. The Bertz CT molecular complexity index is 4310. The minimum absolute atomic E-state index is 0.108. The van der Waals surface area contributed by atoms with Crippen LogP contribution in [0.3, 0.4) is 0 Å². The van der Waals surface area contributed by atoms with Crippen LogP contribution < -0.4 is 16.4 Å². The summed E-state index contributed by atoms with van der Waals surface area (Å²) in [5, 5.41) is 1.42. The van der Waals surface area contributed by atoms with Crippen LogP contribution >= 0.6 is 0 Å². The minimum atomic E-state index is -4.82. The van der Waals surface area contributed by atoms with Gasteiger partial charge in [-0.2, -0.15) is 26.3 Å². The summed E-state index contributed by atoms with van der Waals surface area (Å²) in [6.45, 7) is 21.9. The summed E-state index contributed by atoms with van der Waals surface area (Å²) in [4.78, 5) is 0. The van der Waals surface area contributed by atoms with Crippen LogP contribution in [0.15, 0.2) is 140 Å². The van der Waals surface area contributed by atoms with Gasteiger partial charge in [-0.25, -0.2) is 0 Å². The Kier molecular flexibility index (Phi) is 9.03. The number of alkyl halides is 6. The Balaban J connectivity index is 1.21. The molecule has 0 atom stereocenters. The molecule has 0 amide bonds. The molecule has 0 fully saturated rings. The van der Waals surface area contributed by atoms with E-state index in [-0.39, 0.29) is 32.4 Å². The highest BCUT2D eigenvalue weighted by atomic mass is 19.4. The molecule has 78 heavy (non-hydrogen) atoms. The number of aromatic nitrogens is 2. The van der Waals surface area contributed by atoms with Crippen LogP contribution in [-0.2, 0) is 39.4 Å². The monoisotopic (exact) mass is 1040 g/mol. The summed E-state index contributed by atoms with van der Waals surface area (Å²) in [5.74, 6) is 0. The topological polar surface area (TPSA) is 9.86 Å². The molecule has 8 aromatic carbocycles. The molecule has 0 saturated heterocycles. The van der Waals surface area contributed by atoms with E-state index in [0.717, 1.165) is 108 Å². The molecule has 0 unspecified atom stereocenters. The Labute approximate surface area is 450 Å². The number of hydrogen-bond acceptors (Lipinski definition) is 0. The molecule has 10 aromatic rings. The highest BCUT2D eigenvalue weighted by Crippen LogP contribution is 2.63. The molecule has 3 aliphatic heterocycles. The summed E-state index contributed by atoms with van der Waals surface area (Å²) >= 11 is 0. The zero-order chi connectivity index (χ0) is 54.5. The van der Waals surface area contributed by atoms with Crippen molar-refractivity contribution in [1.29, 1.82) is 0 Å². The lowest BCUT2D eigenvalue weighted by Crippen LogP contribution is -2.61. The molecule has 0 saturated carbocycles. The van der Waals surface area contributed by atoms with Gasteiger partial charge in [-0.1, -0.05) is 184 Å². The van der Waals surface area contributed by atoms with E-state index in [4.69, 9.17) is 0 Å². The summed E-state index contributed by atoms with van der Waals surface area (Å²) in [7, 11) is 0. The van der Waals surface area contributed by atoms with Gasteiger partial charge in [-0.3, -0.25) is 0 Å². The molecule has 5 heterocycles. The van der Waals surface area contributed by atoms with Crippen LogP contribution in [0.1, 0.15) is 138 Å².